The summed E-state index contributed by atoms with van der Waals surface area (Å²) in [5.74, 6) is 0.689. The molecule has 4 aliphatic rings. The summed E-state index contributed by atoms with van der Waals surface area (Å²) in [4.78, 5) is 2.61. The third kappa shape index (κ3) is 2.06. The first-order valence-corrected chi connectivity index (χ1v) is 7.72. The summed E-state index contributed by atoms with van der Waals surface area (Å²) in [6, 6.07) is 0.700. The maximum atomic E-state index is 3.47. The van der Waals surface area contributed by atoms with Gasteiger partial charge in [-0.05, 0) is 48.9 Å². The summed E-state index contributed by atoms with van der Waals surface area (Å²) < 4.78 is 0. The standard InChI is InChI=1S/C17H24N2.2ClH/c1-11-16-10-13-12-6-8-18-9-7-17(11,2)14(12)4-5-15(13)19(16)3;;/h7,9,11,16,18H,4-6,8,10H2,1-3H3;2*1H/b9-7-;;. The molecule has 5 bridgehead atoms. The second kappa shape index (κ2) is 5.55. The fourth-order valence-corrected chi connectivity index (χ4v) is 4.93. The SMILES string of the molecule is CC1C2CC3=C(CCC4=C3CCN/C=C\C41C)N2C.Cl.Cl. The smallest absolute Gasteiger partial charge is 0.0361 e. The molecule has 118 valence electrons. The zero-order valence-electron chi connectivity index (χ0n) is 13.1. The number of fused-ring (bicyclic) bond motifs is 1. The van der Waals surface area contributed by atoms with E-state index in [-0.39, 0.29) is 30.2 Å². The minimum atomic E-state index is 0. The van der Waals surface area contributed by atoms with Crippen LogP contribution in [0.2, 0.25) is 0 Å². The van der Waals surface area contributed by atoms with Crippen molar-refractivity contribution in [2.24, 2.45) is 11.3 Å². The van der Waals surface area contributed by atoms with Crippen LogP contribution in [0.15, 0.2) is 34.7 Å². The highest BCUT2D eigenvalue weighted by molar-refractivity contribution is 5.85. The van der Waals surface area contributed by atoms with E-state index in [1.165, 1.54) is 25.7 Å². The fourth-order valence-electron chi connectivity index (χ4n) is 4.93. The van der Waals surface area contributed by atoms with Crippen LogP contribution >= 0.6 is 24.8 Å². The van der Waals surface area contributed by atoms with Crippen LogP contribution in [0, 0.1) is 11.3 Å². The van der Waals surface area contributed by atoms with Crippen LogP contribution in [-0.4, -0.2) is 24.5 Å². The molecule has 0 radical (unpaired) electrons. The third-order valence-electron chi connectivity index (χ3n) is 6.27. The molecule has 2 aliphatic carbocycles. The molecule has 1 N–H and O–H groups in total. The summed E-state index contributed by atoms with van der Waals surface area (Å²) in [7, 11) is 2.32. The summed E-state index contributed by atoms with van der Waals surface area (Å²) in [6.07, 6.45) is 9.70. The Morgan fingerprint density at radius 3 is 2.71 bits per heavy atom. The Morgan fingerprint density at radius 2 is 1.95 bits per heavy atom. The van der Waals surface area contributed by atoms with Gasteiger partial charge in [-0.3, -0.25) is 0 Å². The zero-order valence-corrected chi connectivity index (χ0v) is 14.7. The molecule has 2 aliphatic heterocycles. The topological polar surface area (TPSA) is 15.3 Å². The highest BCUT2D eigenvalue weighted by atomic mass is 35.5. The number of allylic oxidation sites excluding steroid dienone is 3. The van der Waals surface area contributed by atoms with E-state index in [4.69, 9.17) is 0 Å². The third-order valence-corrected chi connectivity index (χ3v) is 6.27. The second-order valence-electron chi connectivity index (χ2n) is 6.87. The Balaban J connectivity index is 0.000000807. The average Bonchev–Trinajstić information content (AvgIpc) is 2.69. The van der Waals surface area contributed by atoms with Crippen molar-refractivity contribution in [3.8, 4) is 0 Å². The summed E-state index contributed by atoms with van der Waals surface area (Å²) >= 11 is 0. The molecule has 2 heterocycles. The minimum absolute atomic E-state index is 0. The molecular formula is C17H26Cl2N2. The first-order chi connectivity index (χ1) is 9.13. The molecule has 3 atom stereocenters. The van der Waals surface area contributed by atoms with Crippen molar-refractivity contribution in [2.75, 3.05) is 13.6 Å². The van der Waals surface area contributed by atoms with E-state index in [0.29, 0.717) is 12.0 Å². The van der Waals surface area contributed by atoms with E-state index in [0.717, 1.165) is 6.54 Å². The Hall–Kier alpha value is -0.600. The van der Waals surface area contributed by atoms with Crippen LogP contribution in [0.25, 0.3) is 0 Å². The van der Waals surface area contributed by atoms with Crippen LogP contribution in [0.1, 0.15) is 39.5 Å². The van der Waals surface area contributed by atoms with Crippen molar-refractivity contribution in [3.63, 3.8) is 0 Å². The van der Waals surface area contributed by atoms with Gasteiger partial charge >= 0.3 is 0 Å². The van der Waals surface area contributed by atoms with E-state index < -0.39 is 0 Å². The van der Waals surface area contributed by atoms with Crippen LogP contribution < -0.4 is 5.32 Å². The van der Waals surface area contributed by atoms with Gasteiger partial charge in [-0.15, -0.1) is 24.8 Å². The van der Waals surface area contributed by atoms with E-state index in [1.807, 2.05) is 0 Å². The lowest BCUT2D eigenvalue weighted by molar-refractivity contribution is 0.160. The number of nitrogens with zero attached hydrogens (tertiary/aromatic N) is 1. The lowest BCUT2D eigenvalue weighted by atomic mass is 9.65. The van der Waals surface area contributed by atoms with Gasteiger partial charge in [-0.2, -0.15) is 0 Å². The molecule has 0 saturated heterocycles. The van der Waals surface area contributed by atoms with Crippen LogP contribution in [0.3, 0.4) is 0 Å². The van der Waals surface area contributed by atoms with Gasteiger partial charge in [0.25, 0.3) is 0 Å². The normalized spacial score (nSPS) is 38.0. The first-order valence-electron chi connectivity index (χ1n) is 7.72. The molecular weight excluding hydrogens is 303 g/mol. The first kappa shape index (κ1) is 16.8. The lowest BCUT2D eigenvalue weighted by Crippen LogP contribution is -2.43. The molecule has 4 rings (SSSR count). The highest BCUT2D eigenvalue weighted by Crippen LogP contribution is 2.57. The maximum Gasteiger partial charge on any atom is 0.0361 e. The van der Waals surface area contributed by atoms with Crippen molar-refractivity contribution < 1.29 is 0 Å². The van der Waals surface area contributed by atoms with E-state index in [2.05, 4.69) is 43.4 Å². The molecule has 0 amide bonds. The lowest BCUT2D eigenvalue weighted by Gasteiger charge is -2.46. The Bertz CT molecular complexity index is 535. The predicted octanol–water partition coefficient (Wildman–Crippen LogP) is 4.04. The van der Waals surface area contributed by atoms with Crippen LogP contribution in [0.5, 0.6) is 0 Å². The molecule has 4 heteroatoms. The Labute approximate surface area is 140 Å². The van der Waals surface area contributed by atoms with Crippen molar-refractivity contribution in [3.05, 3.63) is 34.7 Å². The largest absolute Gasteiger partial charge is 0.391 e. The molecule has 0 aromatic rings. The predicted molar refractivity (Wildman–Crippen MR) is 93.0 cm³/mol. The zero-order chi connectivity index (χ0) is 13.2. The molecule has 0 aromatic heterocycles. The summed E-state index contributed by atoms with van der Waals surface area (Å²) in [5, 5.41) is 3.47. The van der Waals surface area contributed by atoms with Crippen molar-refractivity contribution in [1.29, 1.82) is 0 Å². The second-order valence-corrected chi connectivity index (χ2v) is 6.87. The number of hydrogen-bond acceptors (Lipinski definition) is 2. The molecule has 3 unspecified atom stereocenters. The molecule has 0 fully saturated rings. The van der Waals surface area contributed by atoms with Crippen molar-refractivity contribution in [1.82, 2.24) is 10.2 Å². The number of hydrogen-bond donors (Lipinski definition) is 1. The molecule has 21 heavy (non-hydrogen) atoms. The van der Waals surface area contributed by atoms with Gasteiger partial charge in [0.15, 0.2) is 0 Å². The molecule has 0 aromatic carbocycles. The van der Waals surface area contributed by atoms with E-state index in [1.54, 1.807) is 22.4 Å². The summed E-state index contributed by atoms with van der Waals surface area (Å²) in [5.41, 5.74) is 7.07. The van der Waals surface area contributed by atoms with Gasteiger partial charge in [0.1, 0.15) is 0 Å². The van der Waals surface area contributed by atoms with E-state index >= 15 is 0 Å². The van der Waals surface area contributed by atoms with E-state index in [9.17, 15) is 0 Å². The number of rotatable bonds is 0. The Morgan fingerprint density at radius 1 is 1.19 bits per heavy atom. The summed E-state index contributed by atoms with van der Waals surface area (Å²) in [6.45, 7) is 6.02. The number of likely N-dealkylation sites (tertiary alicyclic amines) is 1. The number of nitrogens with one attached hydrogen (secondary N) is 1. The van der Waals surface area contributed by atoms with Gasteiger partial charge in [0, 0.05) is 30.7 Å². The molecule has 0 saturated carbocycles. The number of halogens is 2. The maximum absolute atomic E-state index is 3.47. The van der Waals surface area contributed by atoms with Gasteiger partial charge in [0.2, 0.25) is 0 Å². The van der Waals surface area contributed by atoms with Crippen LogP contribution in [-0.2, 0) is 0 Å². The molecule has 2 nitrogen and oxygen atoms in total. The van der Waals surface area contributed by atoms with Gasteiger partial charge in [0.05, 0.1) is 0 Å². The van der Waals surface area contributed by atoms with Gasteiger partial charge in [-0.1, -0.05) is 25.5 Å². The van der Waals surface area contributed by atoms with Crippen molar-refractivity contribution in [2.45, 2.75) is 45.6 Å². The van der Waals surface area contributed by atoms with Crippen LogP contribution in [0.4, 0.5) is 0 Å². The minimum Gasteiger partial charge on any atom is -0.391 e. The average molecular weight is 329 g/mol. The molecule has 0 spiro atoms. The Kier molecular flexibility index (Phi) is 4.43. The van der Waals surface area contributed by atoms with Gasteiger partial charge < -0.3 is 10.2 Å². The fraction of sp³-hybridized carbons (Fsp3) is 0.647. The highest BCUT2D eigenvalue weighted by Gasteiger charge is 2.49. The monoisotopic (exact) mass is 328 g/mol. The quantitative estimate of drug-likeness (QED) is 0.721. The van der Waals surface area contributed by atoms with Crippen molar-refractivity contribution >= 4 is 24.8 Å². The van der Waals surface area contributed by atoms with Gasteiger partial charge in [-0.25, -0.2) is 0 Å².